The SMILES string of the molecule is CCN(CC)c1ccc(N)c(C(C)NS(=O)(=O)CC)c1. The molecule has 0 saturated carbocycles. The molecular formula is C14H25N3O2S. The molecule has 1 aromatic carbocycles. The second-order valence-corrected chi connectivity index (χ2v) is 6.77. The fourth-order valence-electron chi connectivity index (χ4n) is 2.14. The molecule has 114 valence electrons. The van der Waals surface area contributed by atoms with Crippen molar-refractivity contribution in [3.05, 3.63) is 23.8 Å². The van der Waals surface area contributed by atoms with Gasteiger partial charge in [0.25, 0.3) is 0 Å². The summed E-state index contributed by atoms with van der Waals surface area (Å²) in [6, 6.07) is 5.42. The third kappa shape index (κ3) is 4.11. The molecule has 20 heavy (non-hydrogen) atoms. The summed E-state index contributed by atoms with van der Waals surface area (Å²) in [5, 5.41) is 0. The molecule has 0 aromatic heterocycles. The maximum atomic E-state index is 11.7. The minimum absolute atomic E-state index is 0.0625. The third-order valence-electron chi connectivity index (χ3n) is 3.40. The number of nitrogens with two attached hydrogens (primary N) is 1. The van der Waals surface area contributed by atoms with Crippen LogP contribution in [0.25, 0.3) is 0 Å². The van der Waals surface area contributed by atoms with E-state index in [2.05, 4.69) is 23.5 Å². The van der Waals surface area contributed by atoms with Crippen molar-refractivity contribution in [1.82, 2.24) is 4.72 Å². The van der Waals surface area contributed by atoms with Crippen LogP contribution in [0.2, 0.25) is 0 Å². The maximum Gasteiger partial charge on any atom is 0.211 e. The Kier molecular flexibility index (Phi) is 5.83. The molecule has 0 saturated heterocycles. The molecule has 0 amide bonds. The average molecular weight is 299 g/mol. The van der Waals surface area contributed by atoms with Crippen molar-refractivity contribution in [2.24, 2.45) is 0 Å². The summed E-state index contributed by atoms with van der Waals surface area (Å²) in [5.74, 6) is 0.0625. The molecule has 0 aliphatic rings. The molecular weight excluding hydrogens is 274 g/mol. The molecule has 1 unspecified atom stereocenters. The fraction of sp³-hybridized carbons (Fsp3) is 0.571. The van der Waals surface area contributed by atoms with Gasteiger partial charge in [-0.15, -0.1) is 0 Å². The zero-order valence-electron chi connectivity index (χ0n) is 12.7. The minimum Gasteiger partial charge on any atom is -0.398 e. The van der Waals surface area contributed by atoms with Gasteiger partial charge in [-0.2, -0.15) is 0 Å². The van der Waals surface area contributed by atoms with Gasteiger partial charge in [-0.25, -0.2) is 13.1 Å². The maximum absolute atomic E-state index is 11.7. The predicted molar refractivity (Wildman–Crippen MR) is 85.4 cm³/mol. The van der Waals surface area contributed by atoms with Crippen LogP contribution in [0.5, 0.6) is 0 Å². The van der Waals surface area contributed by atoms with Crippen molar-refractivity contribution >= 4 is 21.4 Å². The number of nitrogens with zero attached hydrogens (tertiary/aromatic N) is 1. The van der Waals surface area contributed by atoms with Gasteiger partial charge in [0.1, 0.15) is 0 Å². The van der Waals surface area contributed by atoms with Crippen LogP contribution in [0.3, 0.4) is 0 Å². The van der Waals surface area contributed by atoms with Gasteiger partial charge in [0, 0.05) is 30.5 Å². The summed E-state index contributed by atoms with van der Waals surface area (Å²) in [5.41, 5.74) is 8.45. The Labute approximate surface area is 122 Å². The van der Waals surface area contributed by atoms with E-state index in [1.165, 1.54) is 0 Å². The number of sulfonamides is 1. The van der Waals surface area contributed by atoms with E-state index >= 15 is 0 Å². The highest BCUT2D eigenvalue weighted by Gasteiger charge is 2.17. The number of nitrogen functional groups attached to an aromatic ring is 1. The zero-order chi connectivity index (χ0) is 15.3. The lowest BCUT2D eigenvalue weighted by molar-refractivity contribution is 0.568. The standard InChI is InChI=1S/C14H25N3O2S/c1-5-17(6-2)12-8-9-14(15)13(10-12)11(4)16-20(18,19)7-3/h8-11,16H,5-7,15H2,1-4H3. The van der Waals surface area contributed by atoms with Crippen molar-refractivity contribution in [2.45, 2.75) is 33.7 Å². The van der Waals surface area contributed by atoms with Gasteiger partial charge in [0.05, 0.1) is 5.75 Å². The molecule has 0 bridgehead atoms. The van der Waals surface area contributed by atoms with Gasteiger partial charge in [0.15, 0.2) is 0 Å². The zero-order valence-corrected chi connectivity index (χ0v) is 13.5. The number of anilines is 2. The molecule has 5 nitrogen and oxygen atoms in total. The lowest BCUT2D eigenvalue weighted by atomic mass is 10.1. The molecule has 1 rings (SSSR count). The van der Waals surface area contributed by atoms with E-state index < -0.39 is 10.0 Å². The van der Waals surface area contributed by atoms with E-state index in [9.17, 15) is 8.42 Å². The van der Waals surface area contributed by atoms with Gasteiger partial charge in [0.2, 0.25) is 10.0 Å². The summed E-state index contributed by atoms with van der Waals surface area (Å²) in [6.07, 6.45) is 0. The largest absolute Gasteiger partial charge is 0.398 e. The van der Waals surface area contributed by atoms with Crippen LogP contribution >= 0.6 is 0 Å². The highest BCUT2D eigenvalue weighted by atomic mass is 32.2. The number of hydrogen-bond acceptors (Lipinski definition) is 4. The number of rotatable bonds is 7. The quantitative estimate of drug-likeness (QED) is 0.756. The molecule has 1 aromatic rings. The number of hydrogen-bond donors (Lipinski definition) is 2. The first-order chi connectivity index (χ1) is 9.34. The molecule has 3 N–H and O–H groups in total. The fourth-order valence-corrected chi connectivity index (χ4v) is 2.97. The average Bonchev–Trinajstić information content (AvgIpc) is 2.41. The highest BCUT2D eigenvalue weighted by molar-refractivity contribution is 7.89. The molecule has 0 aliphatic heterocycles. The van der Waals surface area contributed by atoms with Crippen LogP contribution in [-0.2, 0) is 10.0 Å². The van der Waals surface area contributed by atoms with Gasteiger partial charge in [-0.1, -0.05) is 0 Å². The normalized spacial score (nSPS) is 13.2. The second-order valence-electron chi connectivity index (χ2n) is 4.73. The predicted octanol–water partition coefficient (Wildman–Crippen LogP) is 2.12. The number of nitrogens with one attached hydrogen (secondary N) is 1. The van der Waals surface area contributed by atoms with E-state index in [4.69, 9.17) is 5.73 Å². The topological polar surface area (TPSA) is 75.4 Å². The molecule has 0 spiro atoms. The smallest absolute Gasteiger partial charge is 0.211 e. The summed E-state index contributed by atoms with van der Waals surface area (Å²) in [6.45, 7) is 9.39. The Bertz CT molecular complexity index is 539. The third-order valence-corrected chi connectivity index (χ3v) is 4.87. The number of benzene rings is 1. The highest BCUT2D eigenvalue weighted by Crippen LogP contribution is 2.26. The van der Waals surface area contributed by atoms with E-state index in [1.54, 1.807) is 6.92 Å². The molecule has 0 aliphatic carbocycles. The molecule has 0 radical (unpaired) electrons. The Hall–Kier alpha value is -1.27. The van der Waals surface area contributed by atoms with Crippen molar-refractivity contribution in [2.75, 3.05) is 29.5 Å². The van der Waals surface area contributed by atoms with Gasteiger partial charge >= 0.3 is 0 Å². The van der Waals surface area contributed by atoms with Crippen LogP contribution in [-0.4, -0.2) is 27.3 Å². The van der Waals surface area contributed by atoms with Crippen LogP contribution < -0.4 is 15.4 Å². The Morgan fingerprint density at radius 2 is 1.85 bits per heavy atom. The summed E-state index contributed by atoms with van der Waals surface area (Å²) in [4.78, 5) is 2.20. The lowest BCUT2D eigenvalue weighted by Gasteiger charge is -2.24. The Balaban J connectivity index is 3.08. The second kappa shape index (κ2) is 6.95. The van der Waals surface area contributed by atoms with Crippen LogP contribution in [0, 0.1) is 0 Å². The van der Waals surface area contributed by atoms with Crippen molar-refractivity contribution < 1.29 is 8.42 Å². The van der Waals surface area contributed by atoms with Crippen molar-refractivity contribution in [3.8, 4) is 0 Å². The first-order valence-corrected chi connectivity index (χ1v) is 8.64. The molecule has 0 heterocycles. The van der Waals surface area contributed by atoms with Crippen molar-refractivity contribution in [3.63, 3.8) is 0 Å². The van der Waals surface area contributed by atoms with Crippen LogP contribution in [0.15, 0.2) is 18.2 Å². The summed E-state index contributed by atoms with van der Waals surface area (Å²) in [7, 11) is -3.25. The van der Waals surface area contributed by atoms with E-state index in [1.807, 2.05) is 25.1 Å². The van der Waals surface area contributed by atoms with E-state index in [0.29, 0.717) is 5.69 Å². The lowest BCUT2D eigenvalue weighted by Crippen LogP contribution is -2.29. The van der Waals surface area contributed by atoms with Gasteiger partial charge < -0.3 is 10.6 Å². The van der Waals surface area contributed by atoms with Gasteiger partial charge in [-0.05, 0) is 51.5 Å². The Morgan fingerprint density at radius 1 is 1.25 bits per heavy atom. The van der Waals surface area contributed by atoms with E-state index in [-0.39, 0.29) is 11.8 Å². The molecule has 6 heteroatoms. The monoisotopic (exact) mass is 299 g/mol. The van der Waals surface area contributed by atoms with Crippen molar-refractivity contribution in [1.29, 1.82) is 0 Å². The van der Waals surface area contributed by atoms with Gasteiger partial charge in [-0.3, -0.25) is 0 Å². The summed E-state index contributed by atoms with van der Waals surface area (Å²) < 4.78 is 26.0. The Morgan fingerprint density at radius 3 is 2.35 bits per heavy atom. The van der Waals surface area contributed by atoms with Crippen LogP contribution in [0.1, 0.15) is 39.3 Å². The van der Waals surface area contributed by atoms with E-state index in [0.717, 1.165) is 24.3 Å². The van der Waals surface area contributed by atoms with Crippen LogP contribution in [0.4, 0.5) is 11.4 Å². The minimum atomic E-state index is -3.25. The first kappa shape index (κ1) is 16.8. The summed E-state index contributed by atoms with van der Waals surface area (Å²) >= 11 is 0. The first-order valence-electron chi connectivity index (χ1n) is 6.98. The molecule has 1 atom stereocenters. The molecule has 0 fully saturated rings.